The minimum absolute atomic E-state index is 0.228. The number of amides is 2. The Balaban J connectivity index is 3.20. The molecule has 5 heteroatoms. The minimum Gasteiger partial charge on any atom is -0.443 e. The number of nitrogens with zero attached hydrogens (tertiary/aromatic N) is 1. The van der Waals surface area contributed by atoms with Crippen LogP contribution in [-0.2, 0) is 14.3 Å². The zero-order valence-corrected chi connectivity index (χ0v) is 13.8. The molecule has 1 heterocycles. The Kier molecular flexibility index (Phi) is 5.33. The van der Waals surface area contributed by atoms with Crippen molar-refractivity contribution in [3.8, 4) is 0 Å². The van der Waals surface area contributed by atoms with E-state index in [4.69, 9.17) is 4.74 Å². The quantitative estimate of drug-likeness (QED) is 0.731. The van der Waals surface area contributed by atoms with E-state index in [9.17, 15) is 14.4 Å². The highest BCUT2D eigenvalue weighted by Crippen LogP contribution is 2.43. The number of ketones is 1. The highest BCUT2D eigenvalue weighted by Gasteiger charge is 2.54. The molecule has 0 saturated carbocycles. The van der Waals surface area contributed by atoms with Crippen LogP contribution >= 0.6 is 0 Å². The summed E-state index contributed by atoms with van der Waals surface area (Å²) in [6.07, 6.45) is 3.56. The van der Waals surface area contributed by atoms with Crippen LogP contribution < -0.4 is 0 Å². The molecule has 0 aliphatic carbocycles. The van der Waals surface area contributed by atoms with Gasteiger partial charge in [0.05, 0.1) is 5.41 Å². The van der Waals surface area contributed by atoms with Crippen molar-refractivity contribution in [1.29, 1.82) is 0 Å². The van der Waals surface area contributed by atoms with Crippen LogP contribution in [0.2, 0.25) is 0 Å². The molecule has 0 bridgehead atoms. The number of hydrogen-bond acceptors (Lipinski definition) is 4. The van der Waals surface area contributed by atoms with E-state index < -0.39 is 23.2 Å². The third kappa shape index (κ3) is 3.64. The third-order valence-electron chi connectivity index (χ3n) is 3.70. The lowest BCUT2D eigenvalue weighted by atomic mass is 9.78. The molecule has 0 aromatic heterocycles. The van der Waals surface area contributed by atoms with E-state index in [0.717, 1.165) is 4.90 Å². The Morgan fingerprint density at radius 1 is 1.32 bits per heavy atom. The van der Waals surface area contributed by atoms with Crippen molar-refractivity contribution in [2.75, 3.05) is 0 Å². The number of carbonyl (C=O) groups is 3. The zero-order valence-electron chi connectivity index (χ0n) is 13.8. The molecule has 122 valence electrons. The van der Waals surface area contributed by atoms with E-state index in [1.165, 1.54) is 6.92 Å². The lowest BCUT2D eigenvalue weighted by molar-refractivity contribution is -0.137. The molecule has 0 unspecified atom stereocenters. The minimum atomic E-state index is -0.837. The topological polar surface area (TPSA) is 63.7 Å². The van der Waals surface area contributed by atoms with Crippen LogP contribution in [0.3, 0.4) is 0 Å². The van der Waals surface area contributed by atoms with Gasteiger partial charge >= 0.3 is 6.09 Å². The first-order chi connectivity index (χ1) is 10.1. The fourth-order valence-corrected chi connectivity index (χ4v) is 2.77. The summed E-state index contributed by atoms with van der Waals surface area (Å²) in [5.74, 6) is -0.615. The van der Waals surface area contributed by atoms with Gasteiger partial charge in [0.2, 0.25) is 5.91 Å². The van der Waals surface area contributed by atoms with E-state index in [1.807, 2.05) is 0 Å². The van der Waals surface area contributed by atoms with Gasteiger partial charge in [-0.25, -0.2) is 9.69 Å². The van der Waals surface area contributed by atoms with Crippen LogP contribution in [0, 0.1) is 5.41 Å². The van der Waals surface area contributed by atoms with E-state index in [-0.39, 0.29) is 18.1 Å². The summed E-state index contributed by atoms with van der Waals surface area (Å²) in [6.45, 7) is 13.9. The Morgan fingerprint density at radius 3 is 2.18 bits per heavy atom. The number of imide groups is 1. The maximum atomic E-state index is 12.8. The van der Waals surface area contributed by atoms with Crippen molar-refractivity contribution in [3.63, 3.8) is 0 Å². The average Bonchev–Trinajstić information content (AvgIpc) is 2.62. The van der Waals surface area contributed by atoms with Crippen LogP contribution in [0.15, 0.2) is 25.3 Å². The number of hydrogen-bond donors (Lipinski definition) is 0. The number of rotatable bonds is 5. The normalized spacial score (nSPS) is 20.6. The molecule has 1 atom stereocenters. The highest BCUT2D eigenvalue weighted by molar-refractivity contribution is 6.03. The smallest absolute Gasteiger partial charge is 0.417 e. The largest absolute Gasteiger partial charge is 0.443 e. The number of likely N-dealkylation sites (tertiary alicyclic amines) is 1. The fourth-order valence-electron chi connectivity index (χ4n) is 2.77. The molecule has 1 aliphatic heterocycles. The Labute approximate surface area is 132 Å². The van der Waals surface area contributed by atoms with Gasteiger partial charge in [-0.1, -0.05) is 12.2 Å². The summed E-state index contributed by atoms with van der Waals surface area (Å²) in [4.78, 5) is 38.1. The summed E-state index contributed by atoms with van der Waals surface area (Å²) >= 11 is 0. The van der Waals surface area contributed by atoms with Crippen LogP contribution in [0.4, 0.5) is 4.79 Å². The second-order valence-corrected chi connectivity index (χ2v) is 6.75. The molecule has 0 aromatic rings. The molecule has 0 radical (unpaired) electrons. The lowest BCUT2D eigenvalue weighted by Gasteiger charge is -2.27. The Hall–Kier alpha value is -1.91. The molecule has 1 aliphatic rings. The first-order valence-electron chi connectivity index (χ1n) is 7.37. The molecule has 0 N–H and O–H groups in total. The standard InChI is InChI=1S/C17H25NO4/c1-7-9-17(10-8-2)11-13(12(3)19)18(14(17)20)15(21)22-16(4,5)6/h7-8,13H,1-2,9-11H2,3-6H3/t13-/m0/s1. The third-order valence-corrected chi connectivity index (χ3v) is 3.70. The van der Waals surface area contributed by atoms with Crippen molar-refractivity contribution in [3.05, 3.63) is 25.3 Å². The van der Waals surface area contributed by atoms with Gasteiger partial charge < -0.3 is 4.74 Å². The van der Waals surface area contributed by atoms with Crippen LogP contribution in [0.25, 0.3) is 0 Å². The summed E-state index contributed by atoms with van der Waals surface area (Å²) in [7, 11) is 0. The number of allylic oxidation sites excluding steroid dienone is 2. The first kappa shape index (κ1) is 18.1. The van der Waals surface area contributed by atoms with E-state index in [2.05, 4.69) is 13.2 Å². The van der Waals surface area contributed by atoms with Gasteiger partial charge in [0.1, 0.15) is 11.6 Å². The number of carbonyl (C=O) groups excluding carboxylic acids is 3. The second-order valence-electron chi connectivity index (χ2n) is 6.75. The van der Waals surface area contributed by atoms with Crippen LogP contribution in [0.1, 0.15) is 47.0 Å². The van der Waals surface area contributed by atoms with Gasteiger partial charge in [-0.15, -0.1) is 13.2 Å². The van der Waals surface area contributed by atoms with Crippen LogP contribution in [0.5, 0.6) is 0 Å². The predicted molar refractivity (Wildman–Crippen MR) is 84.2 cm³/mol. The molecular formula is C17H25NO4. The van der Waals surface area contributed by atoms with Crippen molar-refractivity contribution in [1.82, 2.24) is 4.90 Å². The van der Waals surface area contributed by atoms with Gasteiger partial charge in [0, 0.05) is 0 Å². The first-order valence-corrected chi connectivity index (χ1v) is 7.37. The maximum Gasteiger partial charge on any atom is 0.417 e. The number of Topliss-reactive ketones (excluding diaryl/α,β-unsaturated/α-hetero) is 1. The Bertz CT molecular complexity index is 491. The molecule has 2 amide bonds. The molecular weight excluding hydrogens is 282 g/mol. The average molecular weight is 307 g/mol. The molecule has 1 saturated heterocycles. The van der Waals surface area contributed by atoms with E-state index in [1.54, 1.807) is 32.9 Å². The van der Waals surface area contributed by atoms with E-state index >= 15 is 0 Å². The predicted octanol–water partition coefficient (Wildman–Crippen LogP) is 3.25. The molecule has 22 heavy (non-hydrogen) atoms. The van der Waals surface area contributed by atoms with Crippen LogP contribution in [-0.4, -0.2) is 34.3 Å². The monoisotopic (exact) mass is 307 g/mol. The van der Waals surface area contributed by atoms with Gasteiger partial charge in [-0.3, -0.25) is 9.59 Å². The van der Waals surface area contributed by atoms with Gasteiger partial charge in [-0.2, -0.15) is 0 Å². The highest BCUT2D eigenvalue weighted by atomic mass is 16.6. The molecule has 1 fully saturated rings. The molecule has 5 nitrogen and oxygen atoms in total. The number of ether oxygens (including phenoxy) is 1. The van der Waals surface area contributed by atoms with Crippen molar-refractivity contribution in [2.45, 2.75) is 58.6 Å². The summed E-state index contributed by atoms with van der Waals surface area (Å²) < 4.78 is 5.28. The summed E-state index contributed by atoms with van der Waals surface area (Å²) in [5.41, 5.74) is -1.57. The maximum absolute atomic E-state index is 12.8. The van der Waals surface area contributed by atoms with Gasteiger partial charge in [0.15, 0.2) is 5.78 Å². The molecule has 0 spiro atoms. The summed E-state index contributed by atoms with van der Waals surface area (Å²) in [6, 6.07) is -0.790. The van der Waals surface area contributed by atoms with E-state index in [0.29, 0.717) is 12.8 Å². The van der Waals surface area contributed by atoms with Gasteiger partial charge in [0.25, 0.3) is 0 Å². The Morgan fingerprint density at radius 2 is 1.82 bits per heavy atom. The van der Waals surface area contributed by atoms with Crippen molar-refractivity contribution >= 4 is 17.8 Å². The van der Waals surface area contributed by atoms with Crippen molar-refractivity contribution < 1.29 is 19.1 Å². The van der Waals surface area contributed by atoms with Crippen molar-refractivity contribution in [2.24, 2.45) is 5.41 Å². The second kappa shape index (κ2) is 6.46. The fraction of sp³-hybridized carbons (Fsp3) is 0.588. The molecule has 0 aromatic carbocycles. The lowest BCUT2D eigenvalue weighted by Crippen LogP contribution is -2.46. The summed E-state index contributed by atoms with van der Waals surface area (Å²) in [5, 5.41) is 0. The SMILES string of the molecule is C=CCC1(CC=C)C[C@@H](C(C)=O)N(C(=O)OC(C)(C)C)C1=O. The zero-order chi connectivity index (χ0) is 17.1. The molecule has 1 rings (SSSR count). The van der Waals surface area contributed by atoms with Gasteiger partial charge in [-0.05, 0) is 47.0 Å².